The van der Waals surface area contributed by atoms with Crippen molar-refractivity contribution >= 4 is 19.8 Å². The molecule has 0 aliphatic carbocycles. The van der Waals surface area contributed by atoms with E-state index in [2.05, 4.69) is 111 Å². The quantitative estimate of drug-likeness (QED) is 0.0211. The van der Waals surface area contributed by atoms with Gasteiger partial charge in [-0.2, -0.15) is 0 Å². The summed E-state index contributed by atoms with van der Waals surface area (Å²) in [6.45, 7) is 4.36. The van der Waals surface area contributed by atoms with E-state index in [1.807, 2.05) is 21.1 Å². The first kappa shape index (κ1) is 86.9. The summed E-state index contributed by atoms with van der Waals surface area (Å²) in [5.41, 5.74) is 0. The van der Waals surface area contributed by atoms with Crippen LogP contribution in [0.15, 0.2) is 97.2 Å². The Morgan fingerprint density at radius 3 is 0.944 bits per heavy atom. The number of nitrogens with zero attached hydrogens (tertiary/aromatic N) is 1. The number of carbonyl (C=O) groups is 2. The summed E-state index contributed by atoms with van der Waals surface area (Å²) in [5, 5.41) is 0. The van der Waals surface area contributed by atoms with Gasteiger partial charge in [0.1, 0.15) is 19.8 Å². The fourth-order valence-electron chi connectivity index (χ4n) is 10.8. The summed E-state index contributed by atoms with van der Waals surface area (Å²) in [4.78, 5) is 35.9. The minimum atomic E-state index is -4.40. The van der Waals surface area contributed by atoms with Crippen molar-refractivity contribution in [2.75, 3.05) is 47.5 Å². The molecule has 9 nitrogen and oxygen atoms in total. The Labute approximate surface area is 557 Å². The van der Waals surface area contributed by atoms with Crippen LogP contribution in [0.2, 0.25) is 0 Å². The lowest BCUT2D eigenvalue weighted by Crippen LogP contribution is -2.37. The van der Waals surface area contributed by atoms with Crippen molar-refractivity contribution in [3.63, 3.8) is 0 Å². The highest BCUT2D eigenvalue weighted by Gasteiger charge is 2.27. The second-order valence-electron chi connectivity index (χ2n) is 26.7. The molecule has 0 aromatic carbocycles. The normalized spacial score (nSPS) is 13.6. The number of ether oxygens (including phenoxy) is 2. The van der Waals surface area contributed by atoms with E-state index in [9.17, 15) is 19.0 Å². The summed E-state index contributed by atoms with van der Waals surface area (Å²) in [6.07, 6.45) is 98.2. The molecule has 0 radical (unpaired) electrons. The van der Waals surface area contributed by atoms with Crippen LogP contribution >= 0.6 is 7.82 Å². The smallest absolute Gasteiger partial charge is 0.462 e. The molecule has 1 N–H and O–H groups in total. The largest absolute Gasteiger partial charge is 0.472 e. The topological polar surface area (TPSA) is 108 Å². The zero-order chi connectivity index (χ0) is 65.5. The molecule has 522 valence electrons. The van der Waals surface area contributed by atoms with E-state index in [-0.39, 0.29) is 32.0 Å². The number of hydrogen-bond donors (Lipinski definition) is 1. The lowest BCUT2D eigenvalue weighted by Gasteiger charge is -2.24. The molecule has 90 heavy (non-hydrogen) atoms. The van der Waals surface area contributed by atoms with Crippen LogP contribution in [-0.4, -0.2) is 74.9 Å². The van der Waals surface area contributed by atoms with Gasteiger partial charge in [-0.25, -0.2) is 4.57 Å². The second-order valence-corrected chi connectivity index (χ2v) is 28.1. The van der Waals surface area contributed by atoms with Gasteiger partial charge in [0.05, 0.1) is 27.7 Å². The lowest BCUT2D eigenvalue weighted by atomic mass is 10.0. The van der Waals surface area contributed by atoms with Crippen molar-refractivity contribution in [2.24, 2.45) is 0 Å². The fraction of sp³-hybridized carbons (Fsp3) is 0.775. The molecule has 0 rings (SSSR count). The molecule has 10 heteroatoms. The Bertz CT molecular complexity index is 1840. The van der Waals surface area contributed by atoms with Crippen LogP contribution in [0.1, 0.15) is 348 Å². The third kappa shape index (κ3) is 74.0. The Morgan fingerprint density at radius 1 is 0.356 bits per heavy atom. The number of unbranched alkanes of at least 4 members (excludes halogenated alkanes) is 40. The summed E-state index contributed by atoms with van der Waals surface area (Å²) in [5.74, 6) is -0.783. The average molecular weight is 1280 g/mol. The van der Waals surface area contributed by atoms with E-state index in [1.54, 1.807) is 0 Å². The number of quaternary nitrogens is 1. The van der Waals surface area contributed by atoms with E-state index in [1.165, 1.54) is 238 Å². The number of esters is 2. The standard InChI is InChI=1S/C80H144NO8P/c1-6-8-10-12-14-16-18-20-22-24-26-28-30-32-34-35-36-37-38-39-40-41-42-43-44-45-47-49-51-53-55-57-59-61-63-65-67-69-71-73-80(83)89-78(77-88-90(84,85)87-75-74-81(3,4)5)76-86-79(82)72-70-68-66-64-62-60-58-56-54-52-50-48-46-33-31-29-27-25-23-21-19-17-15-13-11-9-7-2/h8,10,14,16,19-22,25-28,32,34,36-37,78H,6-7,9,11-13,15,17-18,23-24,29-31,33,35,38-77H2,1-5H3/p+1/b10-8-,16-14-,21-19-,22-20-,27-25-,28-26-,34-32-,37-36-. The van der Waals surface area contributed by atoms with Gasteiger partial charge < -0.3 is 18.9 Å². The van der Waals surface area contributed by atoms with Gasteiger partial charge in [0.2, 0.25) is 0 Å². The molecule has 0 saturated heterocycles. The predicted octanol–water partition coefficient (Wildman–Crippen LogP) is 25.1. The first-order valence-electron chi connectivity index (χ1n) is 38.0. The SMILES string of the molecule is CC/C=C\C/C=C\C/C=C\C/C=C\C/C=C\C/C=C\CCCCCCCCCCCCCCCCCCCCCCC(=O)OC(COC(=O)CCCCCCCCCCCCCCCCC/C=C\C/C=C\CCCCCCC)COP(=O)(O)OCC[N+](C)(C)C. The minimum absolute atomic E-state index is 0.0313. The Balaban J connectivity index is 3.96. The Morgan fingerprint density at radius 2 is 0.633 bits per heavy atom. The third-order valence-electron chi connectivity index (χ3n) is 16.6. The van der Waals surface area contributed by atoms with Crippen molar-refractivity contribution in [2.45, 2.75) is 354 Å². The molecule has 2 unspecified atom stereocenters. The zero-order valence-electron chi connectivity index (χ0n) is 59.6. The van der Waals surface area contributed by atoms with Crippen LogP contribution < -0.4 is 0 Å². The number of hydrogen-bond acceptors (Lipinski definition) is 7. The van der Waals surface area contributed by atoms with Gasteiger partial charge in [0.25, 0.3) is 0 Å². The summed E-state index contributed by atoms with van der Waals surface area (Å²) in [6, 6.07) is 0. The van der Waals surface area contributed by atoms with E-state index in [0.717, 1.165) is 77.0 Å². The lowest BCUT2D eigenvalue weighted by molar-refractivity contribution is -0.870. The number of rotatable bonds is 70. The molecule has 0 amide bonds. The summed E-state index contributed by atoms with van der Waals surface area (Å²) >= 11 is 0. The molecule has 0 spiro atoms. The van der Waals surface area contributed by atoms with Gasteiger partial charge in [-0.3, -0.25) is 18.6 Å². The molecule has 0 heterocycles. The van der Waals surface area contributed by atoms with Gasteiger partial charge in [-0.05, 0) is 96.3 Å². The third-order valence-corrected chi connectivity index (χ3v) is 17.6. The number of likely N-dealkylation sites (N-methyl/N-ethyl adjacent to an activating group) is 1. The second kappa shape index (κ2) is 70.3. The highest BCUT2D eigenvalue weighted by molar-refractivity contribution is 7.47. The molecule has 0 aromatic heterocycles. The Hall–Kier alpha value is -3.07. The van der Waals surface area contributed by atoms with Crippen LogP contribution in [0.3, 0.4) is 0 Å². The van der Waals surface area contributed by atoms with E-state index in [0.29, 0.717) is 17.4 Å². The molecule has 0 fully saturated rings. The number of allylic oxidation sites excluding steroid dienone is 16. The highest BCUT2D eigenvalue weighted by atomic mass is 31.2. The monoisotopic (exact) mass is 1280 g/mol. The molecular formula is C80H145NO8P+. The van der Waals surface area contributed by atoms with Crippen molar-refractivity contribution < 1.29 is 42.1 Å². The van der Waals surface area contributed by atoms with Crippen LogP contribution in [0.5, 0.6) is 0 Å². The minimum Gasteiger partial charge on any atom is -0.462 e. The van der Waals surface area contributed by atoms with Crippen LogP contribution in [0.4, 0.5) is 0 Å². The highest BCUT2D eigenvalue weighted by Crippen LogP contribution is 2.43. The molecular weight excluding hydrogens is 1130 g/mol. The first-order valence-corrected chi connectivity index (χ1v) is 39.5. The average Bonchev–Trinajstić information content (AvgIpc) is 3.58. The first-order chi connectivity index (χ1) is 44.0. The van der Waals surface area contributed by atoms with E-state index >= 15 is 0 Å². The van der Waals surface area contributed by atoms with E-state index < -0.39 is 26.5 Å². The van der Waals surface area contributed by atoms with Crippen LogP contribution in [0.25, 0.3) is 0 Å². The zero-order valence-corrected chi connectivity index (χ0v) is 60.5. The molecule has 0 aliphatic heterocycles. The van der Waals surface area contributed by atoms with Crippen molar-refractivity contribution in [1.29, 1.82) is 0 Å². The van der Waals surface area contributed by atoms with Crippen molar-refractivity contribution in [1.82, 2.24) is 0 Å². The van der Waals surface area contributed by atoms with Crippen LogP contribution in [-0.2, 0) is 32.7 Å². The maximum absolute atomic E-state index is 12.9. The fourth-order valence-corrected chi connectivity index (χ4v) is 11.6. The number of phosphoric acid groups is 1. The van der Waals surface area contributed by atoms with Gasteiger partial charge >= 0.3 is 19.8 Å². The van der Waals surface area contributed by atoms with E-state index in [4.69, 9.17) is 18.5 Å². The van der Waals surface area contributed by atoms with Crippen molar-refractivity contribution in [3.05, 3.63) is 97.2 Å². The Kier molecular flexibility index (Phi) is 67.9. The molecule has 2 atom stereocenters. The van der Waals surface area contributed by atoms with Gasteiger partial charge in [-0.15, -0.1) is 0 Å². The summed E-state index contributed by atoms with van der Waals surface area (Å²) in [7, 11) is 1.49. The summed E-state index contributed by atoms with van der Waals surface area (Å²) < 4.78 is 34.8. The molecule has 0 aromatic rings. The molecule has 0 saturated carbocycles. The maximum Gasteiger partial charge on any atom is 0.472 e. The van der Waals surface area contributed by atoms with Gasteiger partial charge in [-0.1, -0.05) is 336 Å². The predicted molar refractivity (Wildman–Crippen MR) is 390 cm³/mol. The van der Waals surface area contributed by atoms with Gasteiger partial charge in [0.15, 0.2) is 6.10 Å². The van der Waals surface area contributed by atoms with Crippen molar-refractivity contribution in [3.8, 4) is 0 Å². The molecule has 0 bridgehead atoms. The number of phosphoric ester groups is 1. The number of carbonyl (C=O) groups excluding carboxylic acids is 2. The molecule has 0 aliphatic rings. The van der Waals surface area contributed by atoms with Gasteiger partial charge in [0, 0.05) is 12.8 Å². The maximum atomic E-state index is 12.9. The van der Waals surface area contributed by atoms with Crippen LogP contribution in [0, 0.1) is 0 Å².